The number of hydrogen-bond acceptors (Lipinski definition) is 3. The first-order chi connectivity index (χ1) is 7.46. The average molecular weight is 276 g/mol. The van der Waals surface area contributed by atoms with E-state index in [1.165, 1.54) is 10.5 Å². The molecule has 0 saturated heterocycles. The maximum absolute atomic E-state index is 5.36. The van der Waals surface area contributed by atoms with Crippen LogP contribution in [0.2, 0.25) is 0 Å². The van der Waals surface area contributed by atoms with E-state index in [-0.39, 0.29) is 17.9 Å². The van der Waals surface area contributed by atoms with Crippen molar-refractivity contribution in [3.63, 3.8) is 0 Å². The third-order valence-corrected chi connectivity index (χ3v) is 3.05. The lowest BCUT2D eigenvalue weighted by atomic mass is 10.1. The molecule has 0 aliphatic heterocycles. The molecule has 0 aliphatic rings. The second-order valence-corrected chi connectivity index (χ2v) is 5.64. The van der Waals surface area contributed by atoms with Gasteiger partial charge in [0.1, 0.15) is 5.75 Å². The van der Waals surface area contributed by atoms with Crippen molar-refractivity contribution < 1.29 is 4.74 Å². The summed E-state index contributed by atoms with van der Waals surface area (Å²) in [6.07, 6.45) is 2.06. The van der Waals surface area contributed by atoms with Crippen molar-refractivity contribution >= 4 is 24.2 Å². The molecular formula is C13H22ClNOS. The Bertz CT molecular complexity index is 350. The van der Waals surface area contributed by atoms with E-state index in [9.17, 15) is 0 Å². The molecule has 0 heterocycles. The van der Waals surface area contributed by atoms with Gasteiger partial charge in [0.25, 0.3) is 0 Å². The minimum absolute atomic E-state index is 0. The zero-order valence-electron chi connectivity index (χ0n) is 11.2. The molecule has 0 atom stereocenters. The van der Waals surface area contributed by atoms with Crippen molar-refractivity contribution in [2.45, 2.75) is 37.8 Å². The smallest absolute Gasteiger partial charge is 0.132 e. The minimum Gasteiger partial charge on any atom is -0.496 e. The summed E-state index contributed by atoms with van der Waals surface area (Å²) in [6, 6.07) is 6.36. The Morgan fingerprint density at radius 1 is 1.29 bits per heavy atom. The van der Waals surface area contributed by atoms with Crippen LogP contribution in [0.15, 0.2) is 23.1 Å². The summed E-state index contributed by atoms with van der Waals surface area (Å²) in [7, 11) is 1.72. The van der Waals surface area contributed by atoms with E-state index < -0.39 is 0 Å². The Balaban J connectivity index is 0.00000256. The largest absolute Gasteiger partial charge is 0.496 e. The van der Waals surface area contributed by atoms with Crippen molar-refractivity contribution in [3.8, 4) is 5.75 Å². The number of hydrogen-bond donors (Lipinski definition) is 1. The van der Waals surface area contributed by atoms with Crippen LogP contribution < -0.4 is 10.1 Å². The highest BCUT2D eigenvalue weighted by Crippen LogP contribution is 2.28. The summed E-state index contributed by atoms with van der Waals surface area (Å²) in [4.78, 5) is 1.18. The van der Waals surface area contributed by atoms with Crippen LogP contribution in [-0.2, 0) is 6.54 Å². The van der Waals surface area contributed by atoms with E-state index in [1.54, 1.807) is 18.9 Å². The first kappa shape index (κ1) is 16.6. The first-order valence-corrected chi connectivity index (χ1v) is 6.64. The van der Waals surface area contributed by atoms with Crippen LogP contribution in [0.4, 0.5) is 0 Å². The van der Waals surface area contributed by atoms with Crippen LogP contribution in [-0.4, -0.2) is 18.9 Å². The Morgan fingerprint density at radius 2 is 1.94 bits per heavy atom. The molecule has 1 N–H and O–H groups in total. The fourth-order valence-corrected chi connectivity index (χ4v) is 1.91. The summed E-state index contributed by atoms with van der Waals surface area (Å²) < 4.78 is 5.36. The van der Waals surface area contributed by atoms with Crippen molar-refractivity contribution in [1.29, 1.82) is 0 Å². The van der Waals surface area contributed by atoms with E-state index in [2.05, 4.69) is 50.5 Å². The van der Waals surface area contributed by atoms with Gasteiger partial charge in [0, 0.05) is 17.0 Å². The molecule has 2 nitrogen and oxygen atoms in total. The van der Waals surface area contributed by atoms with Gasteiger partial charge in [-0.2, -0.15) is 0 Å². The summed E-state index contributed by atoms with van der Waals surface area (Å²) in [5.74, 6) is 0.959. The molecule has 0 bridgehead atoms. The molecule has 0 aromatic heterocycles. The van der Waals surface area contributed by atoms with Gasteiger partial charge in [-0.25, -0.2) is 0 Å². The van der Waals surface area contributed by atoms with Crippen molar-refractivity contribution in [1.82, 2.24) is 5.32 Å². The normalized spacial score (nSPS) is 10.9. The van der Waals surface area contributed by atoms with Crippen molar-refractivity contribution in [2.75, 3.05) is 13.4 Å². The lowest BCUT2D eigenvalue weighted by molar-refractivity contribution is 0.401. The average Bonchev–Trinajstić information content (AvgIpc) is 2.25. The number of rotatable bonds is 4. The van der Waals surface area contributed by atoms with Gasteiger partial charge in [-0.1, -0.05) is 6.07 Å². The van der Waals surface area contributed by atoms with Crippen LogP contribution in [0, 0.1) is 0 Å². The number of ether oxygens (including phenoxy) is 1. The Morgan fingerprint density at radius 3 is 2.41 bits per heavy atom. The van der Waals surface area contributed by atoms with Gasteiger partial charge in [0.05, 0.1) is 7.11 Å². The fraction of sp³-hybridized carbons (Fsp3) is 0.538. The molecular weight excluding hydrogens is 254 g/mol. The van der Waals surface area contributed by atoms with E-state index in [0.717, 1.165) is 12.3 Å². The topological polar surface area (TPSA) is 21.3 Å². The molecule has 0 amide bonds. The van der Waals surface area contributed by atoms with Gasteiger partial charge in [-0.05, 0) is 44.7 Å². The molecule has 1 aromatic rings. The van der Waals surface area contributed by atoms with Crippen LogP contribution in [0.25, 0.3) is 0 Å². The van der Waals surface area contributed by atoms with Crippen LogP contribution in [0.3, 0.4) is 0 Å². The van der Waals surface area contributed by atoms with Crippen LogP contribution >= 0.6 is 24.2 Å². The molecule has 17 heavy (non-hydrogen) atoms. The zero-order valence-corrected chi connectivity index (χ0v) is 12.8. The third kappa shape index (κ3) is 5.66. The number of methoxy groups -OCH3 is 1. The van der Waals surface area contributed by atoms with Crippen molar-refractivity contribution in [2.24, 2.45) is 0 Å². The van der Waals surface area contributed by atoms with Gasteiger partial charge >= 0.3 is 0 Å². The number of halogens is 1. The number of nitrogens with one attached hydrogen (secondary N) is 1. The maximum Gasteiger partial charge on any atom is 0.132 e. The number of thioether (sulfide) groups is 1. The molecule has 0 unspecified atom stereocenters. The van der Waals surface area contributed by atoms with Crippen molar-refractivity contribution in [3.05, 3.63) is 23.8 Å². The SMILES string of the molecule is COc1cc(CNC(C)(C)C)ccc1SC.Cl. The van der Waals surface area contributed by atoms with Gasteiger partial charge < -0.3 is 10.1 Å². The zero-order chi connectivity index (χ0) is 12.2. The maximum atomic E-state index is 5.36. The van der Waals surface area contributed by atoms with Crippen LogP contribution in [0.5, 0.6) is 5.75 Å². The molecule has 0 fully saturated rings. The van der Waals surface area contributed by atoms with Gasteiger partial charge in [-0.15, -0.1) is 24.2 Å². The highest BCUT2D eigenvalue weighted by atomic mass is 35.5. The molecule has 0 radical (unpaired) electrons. The highest BCUT2D eigenvalue weighted by molar-refractivity contribution is 7.98. The second kappa shape index (κ2) is 7.14. The lowest BCUT2D eigenvalue weighted by Gasteiger charge is -2.21. The summed E-state index contributed by atoms with van der Waals surface area (Å²) in [6.45, 7) is 7.37. The summed E-state index contributed by atoms with van der Waals surface area (Å²) in [5.41, 5.74) is 1.40. The standard InChI is InChI=1S/C13H21NOS.ClH/c1-13(2,3)14-9-10-6-7-12(16-5)11(8-10)15-4;/h6-8,14H,9H2,1-5H3;1H. The monoisotopic (exact) mass is 275 g/mol. The fourth-order valence-electron chi connectivity index (χ4n) is 1.36. The second-order valence-electron chi connectivity index (χ2n) is 4.79. The van der Waals surface area contributed by atoms with Gasteiger partial charge in [0.2, 0.25) is 0 Å². The molecule has 1 aromatic carbocycles. The van der Waals surface area contributed by atoms with E-state index in [1.807, 2.05) is 0 Å². The third-order valence-electron chi connectivity index (χ3n) is 2.27. The van der Waals surface area contributed by atoms with E-state index in [4.69, 9.17) is 4.74 Å². The predicted molar refractivity (Wildman–Crippen MR) is 78.6 cm³/mol. The number of benzene rings is 1. The highest BCUT2D eigenvalue weighted by Gasteiger charge is 2.09. The molecule has 1 rings (SSSR count). The van der Waals surface area contributed by atoms with E-state index in [0.29, 0.717) is 0 Å². The Kier molecular flexibility index (Phi) is 6.98. The van der Waals surface area contributed by atoms with Crippen LogP contribution in [0.1, 0.15) is 26.3 Å². The van der Waals surface area contributed by atoms with Gasteiger partial charge in [0.15, 0.2) is 0 Å². The molecule has 0 spiro atoms. The lowest BCUT2D eigenvalue weighted by Crippen LogP contribution is -2.35. The Hall–Kier alpha value is -0.380. The molecule has 4 heteroatoms. The molecule has 0 aliphatic carbocycles. The summed E-state index contributed by atoms with van der Waals surface area (Å²) in [5, 5.41) is 3.46. The minimum atomic E-state index is 0. The van der Waals surface area contributed by atoms with E-state index >= 15 is 0 Å². The molecule has 98 valence electrons. The Labute approximate surface area is 115 Å². The van der Waals surface area contributed by atoms with Gasteiger partial charge in [-0.3, -0.25) is 0 Å². The quantitative estimate of drug-likeness (QED) is 0.846. The first-order valence-electron chi connectivity index (χ1n) is 5.42. The molecule has 0 saturated carbocycles. The predicted octanol–water partition coefficient (Wildman–Crippen LogP) is 3.73. The summed E-state index contributed by atoms with van der Waals surface area (Å²) >= 11 is 1.71.